The average molecular weight is 370 g/mol. The summed E-state index contributed by atoms with van der Waals surface area (Å²) < 4.78 is 0. The van der Waals surface area contributed by atoms with Gasteiger partial charge in [0.2, 0.25) is 11.8 Å². The number of carbonyl (C=O) groups is 3. The number of hydrogen-bond donors (Lipinski definition) is 2. The number of anilines is 2. The molecule has 7 nitrogen and oxygen atoms in total. The lowest BCUT2D eigenvalue weighted by Crippen LogP contribution is -2.52. The van der Waals surface area contributed by atoms with E-state index in [1.165, 1.54) is 0 Å². The van der Waals surface area contributed by atoms with E-state index in [1.54, 1.807) is 6.07 Å². The van der Waals surface area contributed by atoms with Crippen LogP contribution in [-0.4, -0.2) is 60.2 Å². The number of nitrogens with zero attached hydrogens (tertiary/aromatic N) is 2. The molecule has 0 aliphatic carbocycles. The number of piperidine rings is 2. The zero-order valence-corrected chi connectivity index (χ0v) is 15.7. The summed E-state index contributed by atoms with van der Waals surface area (Å²) in [6.45, 7) is 5.29. The van der Waals surface area contributed by atoms with Gasteiger partial charge in [-0.3, -0.25) is 14.4 Å². The SMILES string of the molecule is CCN1CC2(CCC1=O)CCN(C(=O)c1ccc3c(c1)NC(=O)CN3)CC2. The Morgan fingerprint density at radius 1 is 1.15 bits per heavy atom. The molecule has 4 rings (SSSR count). The van der Waals surface area contributed by atoms with E-state index < -0.39 is 0 Å². The van der Waals surface area contributed by atoms with Crippen LogP contribution < -0.4 is 10.6 Å². The van der Waals surface area contributed by atoms with E-state index in [2.05, 4.69) is 10.6 Å². The third kappa shape index (κ3) is 3.38. The van der Waals surface area contributed by atoms with E-state index >= 15 is 0 Å². The minimum Gasteiger partial charge on any atom is -0.374 e. The molecule has 0 unspecified atom stereocenters. The Morgan fingerprint density at radius 3 is 2.67 bits per heavy atom. The van der Waals surface area contributed by atoms with Gasteiger partial charge in [0.15, 0.2) is 0 Å². The highest BCUT2D eigenvalue weighted by Crippen LogP contribution is 2.40. The van der Waals surface area contributed by atoms with E-state index in [0.717, 1.165) is 38.0 Å². The fraction of sp³-hybridized carbons (Fsp3) is 0.550. The molecule has 7 heteroatoms. The van der Waals surface area contributed by atoms with Crippen molar-refractivity contribution in [3.63, 3.8) is 0 Å². The first-order chi connectivity index (χ1) is 13.0. The van der Waals surface area contributed by atoms with Gasteiger partial charge in [-0.05, 0) is 49.8 Å². The minimum atomic E-state index is -0.0978. The summed E-state index contributed by atoms with van der Waals surface area (Å²) in [4.78, 5) is 40.3. The highest BCUT2D eigenvalue weighted by Gasteiger charge is 2.41. The monoisotopic (exact) mass is 370 g/mol. The molecule has 1 aromatic rings. The second-order valence-electron chi connectivity index (χ2n) is 7.86. The van der Waals surface area contributed by atoms with Gasteiger partial charge >= 0.3 is 0 Å². The highest BCUT2D eigenvalue weighted by molar-refractivity contribution is 6.03. The number of amides is 3. The molecule has 1 aromatic carbocycles. The number of likely N-dealkylation sites (tertiary alicyclic amines) is 2. The Hall–Kier alpha value is -2.57. The Morgan fingerprint density at radius 2 is 1.93 bits per heavy atom. The van der Waals surface area contributed by atoms with Crippen molar-refractivity contribution in [3.8, 4) is 0 Å². The summed E-state index contributed by atoms with van der Waals surface area (Å²) in [6, 6.07) is 5.41. The summed E-state index contributed by atoms with van der Waals surface area (Å²) in [5.41, 5.74) is 2.27. The number of carbonyl (C=O) groups excluding carboxylic acids is 3. The first-order valence-corrected chi connectivity index (χ1v) is 9.74. The second-order valence-corrected chi connectivity index (χ2v) is 7.86. The van der Waals surface area contributed by atoms with Crippen molar-refractivity contribution in [2.45, 2.75) is 32.6 Å². The predicted octanol–water partition coefficient (Wildman–Crippen LogP) is 1.92. The van der Waals surface area contributed by atoms with Crippen LogP contribution in [0.4, 0.5) is 11.4 Å². The minimum absolute atomic E-state index is 0.00621. The molecule has 0 radical (unpaired) electrons. The molecule has 0 bridgehead atoms. The van der Waals surface area contributed by atoms with Gasteiger partial charge in [0.25, 0.3) is 5.91 Å². The van der Waals surface area contributed by atoms with Crippen LogP contribution in [0.1, 0.15) is 43.0 Å². The summed E-state index contributed by atoms with van der Waals surface area (Å²) in [5.74, 6) is 0.164. The Labute approximate surface area is 159 Å². The van der Waals surface area contributed by atoms with Crippen molar-refractivity contribution in [2.75, 3.05) is 43.4 Å². The van der Waals surface area contributed by atoms with Crippen molar-refractivity contribution in [2.24, 2.45) is 5.41 Å². The first kappa shape index (κ1) is 17.8. The molecule has 2 fully saturated rings. The van der Waals surface area contributed by atoms with E-state index in [0.29, 0.717) is 30.8 Å². The molecule has 0 saturated carbocycles. The molecule has 1 spiro atoms. The number of fused-ring (bicyclic) bond motifs is 1. The van der Waals surface area contributed by atoms with Gasteiger partial charge in [-0.15, -0.1) is 0 Å². The third-order valence-corrected chi connectivity index (χ3v) is 6.22. The Bertz CT molecular complexity index is 783. The molecule has 3 aliphatic heterocycles. The van der Waals surface area contributed by atoms with E-state index in [-0.39, 0.29) is 29.7 Å². The standard InChI is InChI=1S/C20H26N4O3/c1-2-23-13-20(6-5-18(23)26)7-9-24(10-8-20)19(27)14-3-4-15-16(11-14)22-17(25)12-21-15/h3-4,11,21H,2,5-10,12-13H2,1H3,(H,22,25). The zero-order valence-electron chi connectivity index (χ0n) is 15.7. The van der Waals surface area contributed by atoms with Crippen LogP contribution in [0.5, 0.6) is 0 Å². The molecule has 27 heavy (non-hydrogen) atoms. The van der Waals surface area contributed by atoms with Crippen molar-refractivity contribution in [3.05, 3.63) is 23.8 Å². The maximum atomic E-state index is 12.9. The average Bonchev–Trinajstić information content (AvgIpc) is 2.69. The fourth-order valence-electron chi connectivity index (χ4n) is 4.47. The van der Waals surface area contributed by atoms with Gasteiger partial charge in [0.05, 0.1) is 17.9 Å². The number of nitrogens with one attached hydrogen (secondary N) is 2. The molecule has 3 aliphatic rings. The third-order valence-electron chi connectivity index (χ3n) is 6.22. The van der Waals surface area contributed by atoms with Crippen molar-refractivity contribution >= 4 is 29.1 Å². The van der Waals surface area contributed by atoms with Crippen molar-refractivity contribution < 1.29 is 14.4 Å². The number of hydrogen-bond acceptors (Lipinski definition) is 4. The molecule has 3 heterocycles. The molecular formula is C20H26N4O3. The smallest absolute Gasteiger partial charge is 0.253 e. The first-order valence-electron chi connectivity index (χ1n) is 9.74. The fourth-order valence-corrected chi connectivity index (χ4v) is 4.47. The quantitative estimate of drug-likeness (QED) is 0.833. The molecule has 2 N–H and O–H groups in total. The van der Waals surface area contributed by atoms with Gasteiger partial charge in [0, 0.05) is 38.2 Å². The Balaban J connectivity index is 1.43. The van der Waals surface area contributed by atoms with Crippen molar-refractivity contribution in [1.29, 1.82) is 0 Å². The lowest BCUT2D eigenvalue weighted by Gasteiger charge is -2.47. The van der Waals surface area contributed by atoms with Crippen LogP contribution >= 0.6 is 0 Å². The van der Waals surface area contributed by atoms with Crippen LogP contribution in [0.25, 0.3) is 0 Å². The largest absolute Gasteiger partial charge is 0.374 e. The summed E-state index contributed by atoms with van der Waals surface area (Å²) in [7, 11) is 0. The number of benzene rings is 1. The zero-order chi connectivity index (χ0) is 19.0. The van der Waals surface area contributed by atoms with Gasteiger partial charge in [-0.2, -0.15) is 0 Å². The molecule has 0 aromatic heterocycles. The summed E-state index contributed by atoms with van der Waals surface area (Å²) in [6.07, 6.45) is 3.43. The normalized spacial score (nSPS) is 21.5. The van der Waals surface area contributed by atoms with E-state index in [1.807, 2.05) is 28.9 Å². The summed E-state index contributed by atoms with van der Waals surface area (Å²) in [5, 5.41) is 5.85. The molecule has 2 saturated heterocycles. The Kier molecular flexibility index (Phi) is 4.53. The van der Waals surface area contributed by atoms with Gasteiger partial charge in [0.1, 0.15) is 0 Å². The van der Waals surface area contributed by atoms with Gasteiger partial charge < -0.3 is 20.4 Å². The van der Waals surface area contributed by atoms with Gasteiger partial charge in [-0.25, -0.2) is 0 Å². The lowest BCUT2D eigenvalue weighted by molar-refractivity contribution is -0.138. The highest BCUT2D eigenvalue weighted by atomic mass is 16.2. The topological polar surface area (TPSA) is 81.8 Å². The molecule has 3 amide bonds. The van der Waals surface area contributed by atoms with Crippen LogP contribution in [0, 0.1) is 5.41 Å². The second kappa shape index (κ2) is 6.87. The van der Waals surface area contributed by atoms with E-state index in [9.17, 15) is 14.4 Å². The van der Waals surface area contributed by atoms with Gasteiger partial charge in [-0.1, -0.05) is 0 Å². The van der Waals surface area contributed by atoms with E-state index in [4.69, 9.17) is 0 Å². The van der Waals surface area contributed by atoms with Crippen LogP contribution in [-0.2, 0) is 9.59 Å². The molecular weight excluding hydrogens is 344 g/mol. The maximum Gasteiger partial charge on any atom is 0.253 e. The molecule has 0 atom stereocenters. The number of rotatable bonds is 2. The van der Waals surface area contributed by atoms with Crippen LogP contribution in [0.2, 0.25) is 0 Å². The maximum absolute atomic E-state index is 12.9. The van der Waals surface area contributed by atoms with Crippen LogP contribution in [0.3, 0.4) is 0 Å². The molecule has 144 valence electrons. The lowest BCUT2D eigenvalue weighted by atomic mass is 9.72. The predicted molar refractivity (Wildman–Crippen MR) is 103 cm³/mol. The summed E-state index contributed by atoms with van der Waals surface area (Å²) >= 11 is 0. The van der Waals surface area contributed by atoms with Crippen molar-refractivity contribution in [1.82, 2.24) is 9.80 Å². The van der Waals surface area contributed by atoms with Crippen LogP contribution in [0.15, 0.2) is 18.2 Å².